The average Bonchev–Trinajstić information content (AvgIpc) is 2.36. The molecule has 6 heteroatoms. The molecule has 0 radical (unpaired) electrons. The summed E-state index contributed by atoms with van der Waals surface area (Å²) >= 11 is 1.89. The summed E-state index contributed by atoms with van der Waals surface area (Å²) in [5.41, 5.74) is -0.218. The Morgan fingerprint density at radius 3 is 2.53 bits per heavy atom. The predicted molar refractivity (Wildman–Crippen MR) is 70.6 cm³/mol. The molecular weight excluding hydrogens is 335 g/mol. The summed E-state index contributed by atoms with van der Waals surface area (Å²) < 4.78 is 10.9. The van der Waals surface area contributed by atoms with Crippen molar-refractivity contribution in [2.45, 2.75) is 0 Å². The van der Waals surface area contributed by atoms with Gasteiger partial charge in [-0.05, 0) is 46.9 Å². The molecule has 1 heterocycles. The van der Waals surface area contributed by atoms with Crippen molar-refractivity contribution in [1.29, 1.82) is 0 Å². The molecule has 0 amide bonds. The molecule has 0 aliphatic heterocycles. The van der Waals surface area contributed by atoms with Crippen LogP contribution in [0.15, 0.2) is 35.4 Å². The van der Waals surface area contributed by atoms with E-state index >= 15 is 0 Å². The monoisotopic (exact) mass is 344 g/mol. The van der Waals surface area contributed by atoms with Crippen molar-refractivity contribution in [3.63, 3.8) is 0 Å². The van der Waals surface area contributed by atoms with E-state index in [1.807, 2.05) is 22.6 Å². The zero-order chi connectivity index (χ0) is 12.3. The predicted octanol–water partition coefficient (Wildman–Crippen LogP) is 2.18. The first-order valence-corrected chi connectivity index (χ1v) is 5.83. The van der Waals surface area contributed by atoms with Crippen molar-refractivity contribution in [1.82, 2.24) is 9.97 Å². The lowest BCUT2D eigenvalue weighted by molar-refractivity contribution is 0.412. The summed E-state index contributed by atoms with van der Waals surface area (Å²) in [6.45, 7) is 0. The first-order valence-electron chi connectivity index (χ1n) is 4.76. The standard InChI is InChI=1S/C11H9IN2O3/c1-16-7-2-4-8(5-3-7)17-11-9(12)10(15)13-6-14-11/h2-6H,1H3,(H,13,14,15). The molecule has 0 saturated carbocycles. The molecule has 0 bridgehead atoms. The van der Waals surface area contributed by atoms with Gasteiger partial charge in [0.25, 0.3) is 5.56 Å². The van der Waals surface area contributed by atoms with Gasteiger partial charge in [0.05, 0.1) is 13.4 Å². The third-order valence-corrected chi connectivity index (χ3v) is 2.99. The van der Waals surface area contributed by atoms with Gasteiger partial charge in [0.15, 0.2) is 0 Å². The number of halogens is 1. The minimum Gasteiger partial charge on any atom is -0.497 e. The Morgan fingerprint density at radius 2 is 1.88 bits per heavy atom. The van der Waals surface area contributed by atoms with Crippen molar-refractivity contribution in [3.8, 4) is 17.4 Å². The molecule has 0 aliphatic carbocycles. The third-order valence-electron chi connectivity index (χ3n) is 2.04. The Bertz CT molecular complexity index is 566. The summed E-state index contributed by atoms with van der Waals surface area (Å²) in [6, 6.07) is 7.04. The number of aromatic amines is 1. The average molecular weight is 344 g/mol. The van der Waals surface area contributed by atoms with Gasteiger partial charge in [-0.3, -0.25) is 4.79 Å². The molecular formula is C11H9IN2O3. The zero-order valence-corrected chi connectivity index (χ0v) is 11.1. The van der Waals surface area contributed by atoms with Gasteiger partial charge < -0.3 is 14.5 Å². The van der Waals surface area contributed by atoms with E-state index in [1.54, 1.807) is 31.4 Å². The van der Waals surface area contributed by atoms with Crippen LogP contribution in [0.2, 0.25) is 0 Å². The van der Waals surface area contributed by atoms with Gasteiger partial charge in [0.2, 0.25) is 5.88 Å². The van der Waals surface area contributed by atoms with Gasteiger partial charge in [-0.2, -0.15) is 0 Å². The Kier molecular flexibility index (Phi) is 3.62. The Labute approximate surface area is 111 Å². The highest BCUT2D eigenvalue weighted by atomic mass is 127. The fourth-order valence-corrected chi connectivity index (χ4v) is 1.60. The lowest BCUT2D eigenvalue weighted by Crippen LogP contribution is -2.11. The van der Waals surface area contributed by atoms with Gasteiger partial charge in [0.1, 0.15) is 15.1 Å². The minimum absolute atomic E-state index is 0.218. The van der Waals surface area contributed by atoms with Crippen molar-refractivity contribution in [2.24, 2.45) is 0 Å². The molecule has 17 heavy (non-hydrogen) atoms. The number of nitrogens with zero attached hydrogens (tertiary/aromatic N) is 1. The smallest absolute Gasteiger partial charge is 0.268 e. The van der Waals surface area contributed by atoms with E-state index in [9.17, 15) is 4.79 Å². The maximum Gasteiger partial charge on any atom is 0.268 e. The molecule has 0 fully saturated rings. The lowest BCUT2D eigenvalue weighted by Gasteiger charge is -2.06. The van der Waals surface area contributed by atoms with E-state index in [0.29, 0.717) is 15.2 Å². The molecule has 1 aromatic heterocycles. The largest absolute Gasteiger partial charge is 0.497 e. The second-order valence-corrected chi connectivity index (χ2v) is 4.21. The Balaban J connectivity index is 2.25. The number of benzene rings is 1. The lowest BCUT2D eigenvalue weighted by atomic mass is 10.3. The Hall–Kier alpha value is -1.57. The van der Waals surface area contributed by atoms with Gasteiger partial charge in [-0.1, -0.05) is 0 Å². The zero-order valence-electron chi connectivity index (χ0n) is 8.94. The summed E-state index contributed by atoms with van der Waals surface area (Å²) in [5, 5.41) is 0. The fourth-order valence-electron chi connectivity index (χ4n) is 1.19. The number of H-pyrrole nitrogens is 1. The van der Waals surface area contributed by atoms with E-state index in [0.717, 1.165) is 5.75 Å². The van der Waals surface area contributed by atoms with Crippen LogP contribution in [-0.2, 0) is 0 Å². The highest BCUT2D eigenvalue weighted by molar-refractivity contribution is 14.1. The number of hydrogen-bond acceptors (Lipinski definition) is 4. The molecule has 1 N–H and O–H groups in total. The SMILES string of the molecule is COc1ccc(Oc2nc[nH]c(=O)c2I)cc1. The quantitative estimate of drug-likeness (QED) is 0.867. The molecule has 0 saturated heterocycles. The first-order chi connectivity index (χ1) is 8.20. The molecule has 0 aliphatic rings. The van der Waals surface area contributed by atoms with Gasteiger partial charge in [0, 0.05) is 0 Å². The summed E-state index contributed by atoms with van der Waals surface area (Å²) in [5.74, 6) is 1.63. The number of ether oxygens (including phenoxy) is 2. The molecule has 2 rings (SSSR count). The molecule has 88 valence electrons. The van der Waals surface area contributed by atoms with Crippen LogP contribution in [0.1, 0.15) is 0 Å². The van der Waals surface area contributed by atoms with Crippen molar-refractivity contribution in [3.05, 3.63) is 44.5 Å². The minimum atomic E-state index is -0.218. The maximum absolute atomic E-state index is 11.3. The van der Waals surface area contributed by atoms with Crippen LogP contribution < -0.4 is 15.0 Å². The van der Waals surface area contributed by atoms with Crippen LogP contribution in [0.4, 0.5) is 0 Å². The van der Waals surface area contributed by atoms with Crippen LogP contribution in [0, 0.1) is 3.57 Å². The summed E-state index contributed by atoms with van der Waals surface area (Å²) in [7, 11) is 1.59. The van der Waals surface area contributed by atoms with Gasteiger partial charge >= 0.3 is 0 Å². The number of hydrogen-bond donors (Lipinski definition) is 1. The highest BCUT2D eigenvalue weighted by Gasteiger charge is 2.07. The number of rotatable bonds is 3. The Morgan fingerprint density at radius 1 is 1.24 bits per heavy atom. The van der Waals surface area contributed by atoms with Crippen LogP contribution in [0.25, 0.3) is 0 Å². The van der Waals surface area contributed by atoms with Crippen molar-refractivity contribution in [2.75, 3.05) is 7.11 Å². The number of nitrogens with one attached hydrogen (secondary N) is 1. The topological polar surface area (TPSA) is 64.2 Å². The van der Waals surface area contributed by atoms with Gasteiger partial charge in [-0.15, -0.1) is 0 Å². The molecule has 1 aromatic carbocycles. The van der Waals surface area contributed by atoms with Gasteiger partial charge in [-0.25, -0.2) is 4.98 Å². The van der Waals surface area contributed by atoms with E-state index in [1.165, 1.54) is 6.33 Å². The number of methoxy groups -OCH3 is 1. The second kappa shape index (κ2) is 5.17. The fraction of sp³-hybridized carbons (Fsp3) is 0.0909. The third kappa shape index (κ3) is 2.76. The van der Waals surface area contributed by atoms with E-state index in [2.05, 4.69) is 9.97 Å². The van der Waals surface area contributed by atoms with Crippen LogP contribution >= 0.6 is 22.6 Å². The van der Waals surface area contributed by atoms with E-state index in [-0.39, 0.29) is 5.56 Å². The highest BCUT2D eigenvalue weighted by Crippen LogP contribution is 2.23. The summed E-state index contributed by atoms with van der Waals surface area (Å²) in [4.78, 5) is 17.8. The van der Waals surface area contributed by atoms with Crippen molar-refractivity contribution < 1.29 is 9.47 Å². The molecule has 0 atom stereocenters. The normalized spacial score (nSPS) is 10.0. The van der Waals surface area contributed by atoms with Crippen LogP contribution in [0.3, 0.4) is 0 Å². The molecule has 2 aromatic rings. The first kappa shape index (κ1) is 11.9. The molecule has 0 spiro atoms. The van der Waals surface area contributed by atoms with Crippen LogP contribution in [-0.4, -0.2) is 17.1 Å². The second-order valence-electron chi connectivity index (χ2n) is 3.13. The number of aromatic nitrogens is 2. The molecule has 0 unspecified atom stereocenters. The molecule has 5 nitrogen and oxygen atoms in total. The van der Waals surface area contributed by atoms with E-state index < -0.39 is 0 Å². The van der Waals surface area contributed by atoms with Crippen LogP contribution in [0.5, 0.6) is 17.4 Å². The maximum atomic E-state index is 11.3. The van der Waals surface area contributed by atoms with Crippen molar-refractivity contribution >= 4 is 22.6 Å². The van der Waals surface area contributed by atoms with E-state index in [4.69, 9.17) is 9.47 Å². The summed E-state index contributed by atoms with van der Waals surface area (Å²) in [6.07, 6.45) is 1.31.